The lowest BCUT2D eigenvalue weighted by Crippen LogP contribution is -2.32. The van der Waals surface area contributed by atoms with Crippen molar-refractivity contribution in [2.24, 2.45) is 5.92 Å². The number of hydrogen-bond acceptors (Lipinski definition) is 9. The Morgan fingerprint density at radius 1 is 1.22 bits per heavy atom. The van der Waals surface area contributed by atoms with Gasteiger partial charge in [-0.05, 0) is 24.6 Å². The minimum absolute atomic E-state index is 0.0115. The van der Waals surface area contributed by atoms with Crippen molar-refractivity contribution in [3.8, 4) is 11.6 Å². The molecule has 2 atom stereocenters. The van der Waals surface area contributed by atoms with Gasteiger partial charge in [0.15, 0.2) is 18.2 Å². The molecule has 36 heavy (non-hydrogen) atoms. The topological polar surface area (TPSA) is 111 Å². The van der Waals surface area contributed by atoms with Gasteiger partial charge in [-0.1, -0.05) is 0 Å². The van der Waals surface area contributed by atoms with Gasteiger partial charge in [-0.2, -0.15) is 0 Å². The molecule has 5 rings (SSSR count). The molecule has 3 aromatic heterocycles. The highest BCUT2D eigenvalue weighted by molar-refractivity contribution is 5.94. The molecule has 0 aromatic carbocycles. The summed E-state index contributed by atoms with van der Waals surface area (Å²) in [6.07, 6.45) is 1.83. The summed E-state index contributed by atoms with van der Waals surface area (Å²) in [5.41, 5.74) is 2.54. The molecule has 0 aliphatic carbocycles. The monoisotopic (exact) mass is 496 g/mol. The van der Waals surface area contributed by atoms with E-state index >= 15 is 0 Å². The number of halogens is 1. The predicted molar refractivity (Wildman–Crippen MR) is 131 cm³/mol. The minimum atomic E-state index is -0.358. The first-order valence-electron chi connectivity index (χ1n) is 11.9. The first kappa shape index (κ1) is 24.3. The number of aromatic nitrogens is 3. The summed E-state index contributed by atoms with van der Waals surface area (Å²) in [7, 11) is 3.26. The van der Waals surface area contributed by atoms with E-state index in [1.165, 1.54) is 13.3 Å². The van der Waals surface area contributed by atoms with Crippen LogP contribution in [-0.2, 0) is 22.5 Å². The van der Waals surface area contributed by atoms with Crippen LogP contribution in [0.2, 0.25) is 0 Å². The van der Waals surface area contributed by atoms with Crippen LogP contribution in [0.3, 0.4) is 0 Å². The van der Waals surface area contributed by atoms with Crippen LogP contribution in [0.1, 0.15) is 11.3 Å². The maximum atomic E-state index is 14.7. The van der Waals surface area contributed by atoms with Crippen LogP contribution in [0.5, 0.6) is 11.6 Å². The second kappa shape index (κ2) is 10.7. The number of rotatable bonds is 9. The summed E-state index contributed by atoms with van der Waals surface area (Å²) in [6.45, 7) is 3.58. The maximum Gasteiger partial charge on any atom is 0.263 e. The third-order valence-corrected chi connectivity index (χ3v) is 6.63. The summed E-state index contributed by atoms with van der Waals surface area (Å²) >= 11 is 0. The molecule has 190 valence electrons. The maximum absolute atomic E-state index is 14.7. The number of nitrogens with zero attached hydrogens (tertiary/aromatic N) is 4. The van der Waals surface area contributed by atoms with Gasteiger partial charge in [-0.15, -0.1) is 0 Å². The Hall–Kier alpha value is -3.41. The van der Waals surface area contributed by atoms with Crippen LogP contribution in [0, 0.1) is 11.7 Å². The van der Waals surface area contributed by atoms with E-state index in [2.05, 4.69) is 30.5 Å². The number of likely N-dealkylation sites (tertiary alicyclic amines) is 1. The SMILES string of the molecule is COc1ccc2ncc(F)c(CCN3CC(OC)[C@@H](CNCc4ccc5c(n4)NC(=O)CO5)C3)c2n1. The standard InChI is InChI=1S/C25H29FN6O4/c1-34-21-13-32(8-7-17-18(26)11-28-19-4-6-23(35-2)31-24(17)19)12-15(21)9-27-10-16-3-5-20-25(29-16)30-22(33)14-36-20/h3-6,11,15,21,27H,7-10,12-14H2,1-2H3,(H,29,30,33)/t15-,21?/m0/s1. The first-order chi connectivity index (χ1) is 17.5. The lowest BCUT2D eigenvalue weighted by molar-refractivity contribution is -0.118. The molecule has 2 aliphatic heterocycles. The largest absolute Gasteiger partial charge is 0.481 e. The van der Waals surface area contributed by atoms with Gasteiger partial charge in [0, 0.05) is 57.4 Å². The molecular weight excluding hydrogens is 467 g/mol. The predicted octanol–water partition coefficient (Wildman–Crippen LogP) is 1.78. The molecule has 0 saturated carbocycles. The summed E-state index contributed by atoms with van der Waals surface area (Å²) < 4.78 is 31.0. The van der Waals surface area contributed by atoms with Crippen LogP contribution >= 0.6 is 0 Å². The zero-order chi connectivity index (χ0) is 25.1. The van der Waals surface area contributed by atoms with Gasteiger partial charge in [-0.25, -0.2) is 14.4 Å². The molecule has 1 fully saturated rings. The van der Waals surface area contributed by atoms with Crippen molar-refractivity contribution < 1.29 is 23.4 Å². The number of hydrogen-bond donors (Lipinski definition) is 2. The second-order valence-electron chi connectivity index (χ2n) is 8.97. The molecule has 1 amide bonds. The van der Waals surface area contributed by atoms with E-state index in [9.17, 15) is 9.18 Å². The Morgan fingerprint density at radius 3 is 2.94 bits per heavy atom. The average Bonchev–Trinajstić information content (AvgIpc) is 3.29. The lowest BCUT2D eigenvalue weighted by atomic mass is 10.1. The summed E-state index contributed by atoms with van der Waals surface area (Å²) in [6, 6.07) is 7.22. The average molecular weight is 497 g/mol. The number of fused-ring (bicyclic) bond motifs is 2. The van der Waals surface area contributed by atoms with Gasteiger partial charge in [0.1, 0.15) is 5.82 Å². The molecule has 1 saturated heterocycles. The van der Waals surface area contributed by atoms with Crippen LogP contribution in [0.25, 0.3) is 11.0 Å². The van der Waals surface area contributed by atoms with Crippen molar-refractivity contribution in [1.29, 1.82) is 0 Å². The third-order valence-electron chi connectivity index (χ3n) is 6.63. The molecule has 10 nitrogen and oxygen atoms in total. The quantitative estimate of drug-likeness (QED) is 0.458. The van der Waals surface area contributed by atoms with Crippen molar-refractivity contribution in [2.45, 2.75) is 19.1 Å². The van der Waals surface area contributed by atoms with Crippen LogP contribution in [-0.4, -0.2) is 78.9 Å². The first-order valence-corrected chi connectivity index (χ1v) is 11.9. The van der Waals surface area contributed by atoms with Gasteiger partial charge in [-0.3, -0.25) is 14.7 Å². The number of carbonyl (C=O) groups excluding carboxylic acids is 1. The minimum Gasteiger partial charge on any atom is -0.481 e. The van der Waals surface area contributed by atoms with Gasteiger partial charge in [0.2, 0.25) is 5.88 Å². The van der Waals surface area contributed by atoms with E-state index in [1.807, 2.05) is 12.1 Å². The highest BCUT2D eigenvalue weighted by atomic mass is 19.1. The van der Waals surface area contributed by atoms with Gasteiger partial charge < -0.3 is 24.8 Å². The van der Waals surface area contributed by atoms with E-state index < -0.39 is 0 Å². The fourth-order valence-electron chi connectivity index (χ4n) is 4.76. The van der Waals surface area contributed by atoms with Crippen molar-refractivity contribution in [1.82, 2.24) is 25.2 Å². The molecular formula is C25H29FN6O4. The van der Waals surface area contributed by atoms with Gasteiger partial charge in [0.25, 0.3) is 5.91 Å². The van der Waals surface area contributed by atoms with Crippen molar-refractivity contribution >= 4 is 22.8 Å². The Balaban J connectivity index is 1.17. The summed E-state index contributed by atoms with van der Waals surface area (Å²) in [5.74, 6) is 1.18. The fraction of sp³-hybridized carbons (Fsp3) is 0.440. The number of carbonyl (C=O) groups is 1. The number of methoxy groups -OCH3 is 2. The van der Waals surface area contributed by atoms with Crippen molar-refractivity contribution in [2.75, 3.05) is 52.3 Å². The van der Waals surface area contributed by atoms with E-state index in [-0.39, 0.29) is 30.4 Å². The second-order valence-corrected chi connectivity index (χ2v) is 8.97. The number of pyridine rings is 3. The Kier molecular flexibility index (Phi) is 7.21. The molecule has 0 spiro atoms. The van der Waals surface area contributed by atoms with Crippen LogP contribution in [0.15, 0.2) is 30.5 Å². The summed E-state index contributed by atoms with van der Waals surface area (Å²) in [4.78, 5) is 26.9. The highest BCUT2D eigenvalue weighted by Crippen LogP contribution is 2.26. The molecule has 3 aromatic rings. The van der Waals surface area contributed by atoms with Crippen LogP contribution in [0.4, 0.5) is 10.2 Å². The Morgan fingerprint density at radius 2 is 2.11 bits per heavy atom. The molecule has 2 aliphatic rings. The number of ether oxygens (including phenoxy) is 3. The molecule has 2 N–H and O–H groups in total. The van der Waals surface area contributed by atoms with Gasteiger partial charge >= 0.3 is 0 Å². The number of anilines is 1. The van der Waals surface area contributed by atoms with E-state index in [0.717, 1.165) is 25.3 Å². The van der Waals surface area contributed by atoms with Crippen LogP contribution < -0.4 is 20.1 Å². The zero-order valence-electron chi connectivity index (χ0n) is 20.3. The summed E-state index contributed by atoms with van der Waals surface area (Å²) in [5, 5.41) is 6.18. The van der Waals surface area contributed by atoms with Gasteiger partial charge in [0.05, 0.1) is 36.1 Å². The van der Waals surface area contributed by atoms with E-state index in [1.54, 1.807) is 19.2 Å². The third kappa shape index (κ3) is 5.23. The van der Waals surface area contributed by atoms with E-state index in [0.29, 0.717) is 53.6 Å². The molecule has 1 unspecified atom stereocenters. The highest BCUT2D eigenvalue weighted by Gasteiger charge is 2.32. The molecule has 5 heterocycles. The Bertz CT molecular complexity index is 1260. The van der Waals surface area contributed by atoms with E-state index in [4.69, 9.17) is 14.2 Å². The van der Waals surface area contributed by atoms with Crippen molar-refractivity contribution in [3.05, 3.63) is 47.5 Å². The fourth-order valence-corrected chi connectivity index (χ4v) is 4.76. The normalized spacial score (nSPS) is 19.7. The molecule has 11 heteroatoms. The number of nitrogens with one attached hydrogen (secondary N) is 2. The van der Waals surface area contributed by atoms with Crippen molar-refractivity contribution in [3.63, 3.8) is 0 Å². The lowest BCUT2D eigenvalue weighted by Gasteiger charge is -2.19. The smallest absolute Gasteiger partial charge is 0.263 e. The zero-order valence-corrected chi connectivity index (χ0v) is 20.3. The molecule has 0 radical (unpaired) electrons. The molecule has 0 bridgehead atoms. The Labute approximate surface area is 208 Å². The number of amides is 1.